The number of carbonyl (C=O) groups is 1. The third kappa shape index (κ3) is 7.21. The van der Waals surface area contributed by atoms with Crippen molar-refractivity contribution in [1.82, 2.24) is 25.2 Å². The Morgan fingerprint density at radius 3 is 2.41 bits per heavy atom. The predicted molar refractivity (Wildman–Crippen MR) is 169 cm³/mol. The molecule has 2 aromatic heterocycles. The van der Waals surface area contributed by atoms with Gasteiger partial charge in [0.1, 0.15) is 17.2 Å². The Bertz CT molecular complexity index is 1860. The van der Waals surface area contributed by atoms with Gasteiger partial charge in [0, 0.05) is 29.1 Å². The molecule has 0 aliphatic heterocycles. The number of amides is 1. The van der Waals surface area contributed by atoms with Crippen LogP contribution in [-0.2, 0) is 11.3 Å². The van der Waals surface area contributed by atoms with Gasteiger partial charge in [-0.3, -0.25) is 9.89 Å². The highest BCUT2D eigenvalue weighted by Gasteiger charge is 2.19. The van der Waals surface area contributed by atoms with Crippen LogP contribution in [0.5, 0.6) is 11.5 Å². The molecule has 4 aromatic carbocycles. The molecule has 13 heteroatoms. The quantitative estimate of drug-likeness (QED) is 0.163. The number of nitrogens with one attached hydrogen (secondary N) is 2. The maximum Gasteiger partial charge on any atom is 0.707 e. The zero-order chi connectivity index (χ0) is 31.1. The van der Waals surface area contributed by atoms with Crippen molar-refractivity contribution < 1.29 is 24.2 Å². The van der Waals surface area contributed by atoms with E-state index in [9.17, 15) is 4.79 Å². The minimum Gasteiger partial charge on any atom is -0.512 e. The van der Waals surface area contributed by atoms with E-state index in [-0.39, 0.29) is 5.91 Å². The smallest absolute Gasteiger partial charge is 0.512 e. The van der Waals surface area contributed by atoms with Crippen molar-refractivity contribution in [2.75, 3.05) is 18.2 Å². The minimum absolute atomic E-state index is 0.126. The van der Waals surface area contributed by atoms with Crippen LogP contribution in [0.4, 0.5) is 11.5 Å². The molecule has 0 fully saturated rings. The average Bonchev–Trinajstić information content (AvgIpc) is 3.61. The van der Waals surface area contributed by atoms with E-state index in [1.807, 2.05) is 65.3 Å². The SMILES string of the molecule is CC(=O)Nc1cccc(-c2c(-c3ccc4[nH]nc(N)c4c3)nnn2Cc2ccccc2)c1.COc1ccc(OB(O)O)cc1. The number of ether oxygens (including phenoxy) is 1. The predicted octanol–water partition coefficient (Wildman–Crippen LogP) is 4.12. The second-order valence-corrected chi connectivity index (χ2v) is 9.68. The Labute approximate surface area is 253 Å². The van der Waals surface area contributed by atoms with E-state index in [2.05, 4.69) is 42.6 Å². The summed E-state index contributed by atoms with van der Waals surface area (Å²) in [5, 5.41) is 36.5. The van der Waals surface area contributed by atoms with Crippen LogP contribution in [0.2, 0.25) is 0 Å². The first-order valence-corrected chi connectivity index (χ1v) is 13.6. The van der Waals surface area contributed by atoms with Crippen LogP contribution in [0.15, 0.2) is 97.1 Å². The minimum atomic E-state index is -1.78. The molecule has 0 aliphatic rings. The number of H-pyrrole nitrogens is 1. The van der Waals surface area contributed by atoms with Crippen LogP contribution in [-0.4, -0.2) is 55.6 Å². The lowest BCUT2D eigenvalue weighted by molar-refractivity contribution is -0.114. The molecule has 0 saturated heterocycles. The van der Waals surface area contributed by atoms with Crippen molar-refractivity contribution in [2.45, 2.75) is 13.5 Å². The van der Waals surface area contributed by atoms with E-state index in [0.29, 0.717) is 29.5 Å². The molecule has 0 radical (unpaired) electrons. The van der Waals surface area contributed by atoms with Crippen LogP contribution in [0, 0.1) is 0 Å². The third-order valence-corrected chi connectivity index (χ3v) is 6.53. The molecule has 0 aliphatic carbocycles. The third-order valence-electron chi connectivity index (χ3n) is 6.53. The van der Waals surface area contributed by atoms with E-state index < -0.39 is 7.32 Å². The topological polar surface area (TPSA) is 173 Å². The van der Waals surface area contributed by atoms with Crippen molar-refractivity contribution in [3.63, 3.8) is 0 Å². The molecule has 12 nitrogen and oxygen atoms in total. The first-order chi connectivity index (χ1) is 21.3. The number of methoxy groups -OCH3 is 1. The molecular formula is C31H30BN7O5. The number of hydrogen-bond donors (Lipinski definition) is 5. The summed E-state index contributed by atoms with van der Waals surface area (Å²) in [6, 6.07) is 30.1. The molecule has 1 amide bonds. The van der Waals surface area contributed by atoms with Gasteiger partial charge in [0.2, 0.25) is 5.91 Å². The molecular weight excluding hydrogens is 561 g/mol. The van der Waals surface area contributed by atoms with E-state index >= 15 is 0 Å². The maximum atomic E-state index is 11.6. The highest BCUT2D eigenvalue weighted by Crippen LogP contribution is 2.34. The normalized spacial score (nSPS) is 10.5. The summed E-state index contributed by atoms with van der Waals surface area (Å²) >= 11 is 0. The number of hydrogen-bond acceptors (Lipinski definition) is 9. The molecule has 6 aromatic rings. The lowest BCUT2D eigenvalue weighted by atomic mass is 10.0. The highest BCUT2D eigenvalue weighted by atomic mass is 16.6. The molecule has 0 unspecified atom stereocenters. The van der Waals surface area contributed by atoms with E-state index in [1.54, 1.807) is 31.4 Å². The fourth-order valence-corrected chi connectivity index (χ4v) is 4.57. The number of nitrogens with two attached hydrogens (primary N) is 1. The molecule has 2 heterocycles. The monoisotopic (exact) mass is 591 g/mol. The van der Waals surface area contributed by atoms with Crippen molar-refractivity contribution >= 4 is 35.6 Å². The largest absolute Gasteiger partial charge is 0.707 e. The fourth-order valence-electron chi connectivity index (χ4n) is 4.57. The van der Waals surface area contributed by atoms with Crippen LogP contribution in [0.1, 0.15) is 12.5 Å². The van der Waals surface area contributed by atoms with Crippen molar-refractivity contribution in [3.05, 3.63) is 103 Å². The first-order valence-electron chi connectivity index (χ1n) is 13.6. The van der Waals surface area contributed by atoms with Crippen molar-refractivity contribution in [3.8, 4) is 34.0 Å². The Balaban J connectivity index is 0.000000270. The van der Waals surface area contributed by atoms with Gasteiger partial charge in [-0.05, 0) is 54.1 Å². The lowest BCUT2D eigenvalue weighted by Gasteiger charge is -2.11. The number of carbonyl (C=O) groups excluding carboxylic acids is 1. The fraction of sp³-hybridized carbons (Fsp3) is 0.0968. The molecule has 0 spiro atoms. The number of anilines is 2. The standard InChI is InChI=1S/C24H21N7O.C7H9BO4/c1-15(32)26-19-9-5-8-18(12-19)23-22(17-10-11-21-20(13-17)24(25)29-27-21)28-30-31(23)14-16-6-3-2-4-7-16;1-11-6-2-4-7(5-3-6)12-8(9)10/h2-13H,14H2,1H3,(H,26,32)(H3,25,27,29);2-5,9-10H,1H3. The van der Waals surface area contributed by atoms with Crippen molar-refractivity contribution in [2.24, 2.45) is 0 Å². The Morgan fingerprint density at radius 1 is 0.955 bits per heavy atom. The Morgan fingerprint density at radius 2 is 1.70 bits per heavy atom. The first kappa shape index (κ1) is 29.8. The summed E-state index contributed by atoms with van der Waals surface area (Å²) in [6.45, 7) is 2.05. The van der Waals surface area contributed by atoms with Gasteiger partial charge in [0.05, 0.1) is 24.9 Å². The van der Waals surface area contributed by atoms with Gasteiger partial charge < -0.3 is 30.5 Å². The van der Waals surface area contributed by atoms with E-state index in [4.69, 9.17) is 20.5 Å². The second kappa shape index (κ2) is 13.5. The summed E-state index contributed by atoms with van der Waals surface area (Å²) < 4.78 is 11.3. The molecule has 0 bridgehead atoms. The molecule has 0 atom stereocenters. The summed E-state index contributed by atoms with van der Waals surface area (Å²) in [4.78, 5) is 11.6. The maximum absolute atomic E-state index is 11.6. The van der Waals surface area contributed by atoms with E-state index in [0.717, 1.165) is 39.0 Å². The van der Waals surface area contributed by atoms with E-state index in [1.165, 1.54) is 6.92 Å². The lowest BCUT2D eigenvalue weighted by Crippen LogP contribution is -2.20. The average molecular weight is 591 g/mol. The zero-order valence-corrected chi connectivity index (χ0v) is 24.0. The Hall–Kier alpha value is -5.66. The van der Waals surface area contributed by atoms with Gasteiger partial charge in [0.15, 0.2) is 5.82 Å². The van der Waals surface area contributed by atoms with Crippen LogP contribution in [0.25, 0.3) is 33.4 Å². The number of benzene rings is 4. The summed E-state index contributed by atoms with van der Waals surface area (Å²) in [7, 11) is -0.227. The van der Waals surface area contributed by atoms with Gasteiger partial charge in [0.25, 0.3) is 0 Å². The zero-order valence-electron chi connectivity index (χ0n) is 24.0. The van der Waals surface area contributed by atoms with Crippen molar-refractivity contribution in [1.29, 1.82) is 0 Å². The number of nitrogen functional groups attached to an aromatic ring is 1. The van der Waals surface area contributed by atoms with Gasteiger partial charge in [-0.2, -0.15) is 5.10 Å². The summed E-state index contributed by atoms with van der Waals surface area (Å²) in [6.07, 6.45) is 0. The Kier molecular flexibility index (Phi) is 9.18. The highest BCUT2D eigenvalue weighted by molar-refractivity contribution is 6.33. The van der Waals surface area contributed by atoms with Gasteiger partial charge >= 0.3 is 7.32 Å². The van der Waals surface area contributed by atoms with Gasteiger partial charge in [-0.25, -0.2) is 4.68 Å². The molecule has 0 saturated carbocycles. The second-order valence-electron chi connectivity index (χ2n) is 9.68. The molecule has 6 N–H and O–H groups in total. The number of nitrogens with zero attached hydrogens (tertiary/aromatic N) is 4. The molecule has 6 rings (SSSR count). The van der Waals surface area contributed by atoms with Gasteiger partial charge in [-0.15, -0.1) is 5.10 Å². The van der Waals surface area contributed by atoms with Gasteiger partial charge in [-0.1, -0.05) is 53.7 Å². The number of aromatic nitrogens is 5. The number of aromatic amines is 1. The molecule has 222 valence electrons. The molecule has 44 heavy (non-hydrogen) atoms. The summed E-state index contributed by atoms with van der Waals surface area (Å²) in [5.41, 5.74) is 12.1. The van der Waals surface area contributed by atoms with Crippen LogP contribution in [0.3, 0.4) is 0 Å². The number of rotatable bonds is 8. The number of fused-ring (bicyclic) bond motifs is 1. The van der Waals surface area contributed by atoms with Crippen LogP contribution >= 0.6 is 0 Å². The summed E-state index contributed by atoms with van der Waals surface area (Å²) in [5.74, 6) is 1.38. The van der Waals surface area contributed by atoms with Crippen LogP contribution < -0.4 is 20.4 Å².